The van der Waals surface area contributed by atoms with Crippen molar-refractivity contribution in [1.82, 2.24) is 0 Å². The van der Waals surface area contributed by atoms with Gasteiger partial charge in [0.15, 0.2) is 0 Å². The van der Waals surface area contributed by atoms with Crippen LogP contribution in [0.4, 0.5) is 0 Å². The van der Waals surface area contributed by atoms with E-state index in [-0.39, 0.29) is 19.5 Å². The first-order chi connectivity index (χ1) is 5.70. The number of carbonyl (C=O) groups excluding carboxylic acids is 1. The second kappa shape index (κ2) is 5.79. The number of ether oxygens (including phenoxy) is 1. The molecule has 0 amide bonds. The molecule has 1 fully saturated rings. The normalized spacial score (nSPS) is 17.3. The summed E-state index contributed by atoms with van der Waals surface area (Å²) in [5.41, 5.74) is 0.501. The van der Waals surface area contributed by atoms with Crippen LogP contribution in [0.15, 0.2) is 12.2 Å². The van der Waals surface area contributed by atoms with Crippen molar-refractivity contribution in [2.75, 3.05) is 0 Å². The van der Waals surface area contributed by atoms with Crippen LogP contribution >= 0.6 is 0 Å². The van der Waals surface area contributed by atoms with Crippen LogP contribution in [0.3, 0.4) is 0 Å². The van der Waals surface area contributed by atoms with Crippen molar-refractivity contribution in [3.8, 4) is 0 Å². The lowest BCUT2D eigenvalue weighted by Gasteiger charge is -2.21. The fourth-order valence-corrected chi connectivity index (χ4v) is 1.43. The zero-order valence-electron chi connectivity index (χ0n) is 8.64. The van der Waals surface area contributed by atoms with Gasteiger partial charge in [0, 0.05) is 5.57 Å². The van der Waals surface area contributed by atoms with E-state index in [1.54, 1.807) is 6.92 Å². The molecule has 1 aliphatic rings. The van der Waals surface area contributed by atoms with Gasteiger partial charge in [-0.2, -0.15) is 0 Å². The summed E-state index contributed by atoms with van der Waals surface area (Å²) in [7, 11) is 0. The van der Waals surface area contributed by atoms with Gasteiger partial charge in [-0.05, 0) is 32.6 Å². The molecule has 75 valence electrons. The van der Waals surface area contributed by atoms with E-state index in [0.29, 0.717) is 5.57 Å². The van der Waals surface area contributed by atoms with Crippen LogP contribution in [0, 0.1) is 7.43 Å². The van der Waals surface area contributed by atoms with Gasteiger partial charge in [-0.3, -0.25) is 0 Å². The van der Waals surface area contributed by atoms with Crippen LogP contribution in [0.1, 0.15) is 39.0 Å². The molecule has 0 aromatic rings. The molecule has 2 nitrogen and oxygen atoms in total. The molecule has 1 radical (unpaired) electrons. The molecule has 0 aromatic carbocycles. The predicted octanol–water partition coefficient (Wildman–Crippen LogP) is 2.89. The highest BCUT2D eigenvalue weighted by Gasteiger charge is 2.17. The maximum absolute atomic E-state index is 11.1. The highest BCUT2D eigenvalue weighted by molar-refractivity contribution is 5.87. The lowest BCUT2D eigenvalue weighted by Crippen LogP contribution is -2.20. The molecule has 0 aromatic heterocycles. The lowest BCUT2D eigenvalue weighted by molar-refractivity contribution is -0.145. The molecular formula is C11H19O2. The minimum atomic E-state index is -0.234. The molecule has 1 aliphatic carbocycles. The van der Waals surface area contributed by atoms with E-state index in [9.17, 15) is 4.79 Å². The number of hydrogen-bond donors (Lipinski definition) is 0. The van der Waals surface area contributed by atoms with Crippen LogP contribution in [0.25, 0.3) is 0 Å². The molecule has 0 spiro atoms. The average Bonchev–Trinajstić information content (AvgIpc) is 2.06. The van der Waals surface area contributed by atoms with Gasteiger partial charge >= 0.3 is 5.97 Å². The van der Waals surface area contributed by atoms with Crippen molar-refractivity contribution in [1.29, 1.82) is 0 Å². The Morgan fingerprint density at radius 2 is 1.85 bits per heavy atom. The molecule has 0 atom stereocenters. The molecule has 1 rings (SSSR count). The molecule has 13 heavy (non-hydrogen) atoms. The van der Waals surface area contributed by atoms with Crippen LogP contribution < -0.4 is 0 Å². The Labute approximate surface area is 81.0 Å². The molecule has 2 heteroatoms. The predicted molar refractivity (Wildman–Crippen MR) is 54.2 cm³/mol. The summed E-state index contributed by atoms with van der Waals surface area (Å²) in [6, 6.07) is 0. The summed E-state index contributed by atoms with van der Waals surface area (Å²) in [6.45, 7) is 5.23. The first kappa shape index (κ1) is 12.2. The smallest absolute Gasteiger partial charge is 0.333 e. The van der Waals surface area contributed by atoms with E-state index in [1.807, 2.05) is 0 Å². The van der Waals surface area contributed by atoms with Crippen LogP contribution in [0.5, 0.6) is 0 Å². The van der Waals surface area contributed by atoms with Gasteiger partial charge in [0.05, 0.1) is 0 Å². The van der Waals surface area contributed by atoms with Crippen LogP contribution in [-0.2, 0) is 9.53 Å². The van der Waals surface area contributed by atoms with Gasteiger partial charge < -0.3 is 4.74 Å². The summed E-state index contributed by atoms with van der Waals surface area (Å²) in [4.78, 5) is 11.1. The molecular weight excluding hydrogens is 164 g/mol. The van der Waals surface area contributed by atoms with E-state index >= 15 is 0 Å². The second-order valence-corrected chi connectivity index (χ2v) is 3.45. The van der Waals surface area contributed by atoms with E-state index in [0.717, 1.165) is 12.8 Å². The zero-order chi connectivity index (χ0) is 8.97. The van der Waals surface area contributed by atoms with Crippen molar-refractivity contribution in [3.63, 3.8) is 0 Å². The van der Waals surface area contributed by atoms with Crippen LogP contribution in [-0.4, -0.2) is 12.1 Å². The second-order valence-electron chi connectivity index (χ2n) is 3.45. The largest absolute Gasteiger partial charge is 0.459 e. The lowest BCUT2D eigenvalue weighted by atomic mass is 9.98. The fraction of sp³-hybridized carbons (Fsp3) is 0.636. The van der Waals surface area contributed by atoms with Gasteiger partial charge in [-0.25, -0.2) is 4.79 Å². The third-order valence-electron chi connectivity index (χ3n) is 2.17. The quantitative estimate of drug-likeness (QED) is 0.486. The highest BCUT2D eigenvalue weighted by atomic mass is 16.5. The van der Waals surface area contributed by atoms with E-state index in [2.05, 4.69) is 6.58 Å². The first-order valence-corrected chi connectivity index (χ1v) is 4.56. The van der Waals surface area contributed by atoms with Crippen molar-refractivity contribution in [2.24, 2.45) is 0 Å². The molecule has 0 unspecified atom stereocenters. The Kier molecular flexibility index (Phi) is 5.44. The molecule has 0 aliphatic heterocycles. The third kappa shape index (κ3) is 4.11. The summed E-state index contributed by atoms with van der Waals surface area (Å²) in [5.74, 6) is -0.234. The summed E-state index contributed by atoms with van der Waals surface area (Å²) in [6.07, 6.45) is 5.87. The standard InChI is InChI=1S/C10H16O2.CH3/c1-8(2)10(11)12-9-6-4-3-5-7-9;/h9H,1,3-7H2,2H3;1H3. The number of rotatable bonds is 2. The molecule has 0 bridgehead atoms. The molecule has 0 N–H and O–H groups in total. The van der Waals surface area contributed by atoms with Crippen LogP contribution in [0.2, 0.25) is 0 Å². The fourth-order valence-electron chi connectivity index (χ4n) is 1.43. The maximum atomic E-state index is 11.1. The van der Waals surface area contributed by atoms with Gasteiger partial charge in [-0.1, -0.05) is 20.4 Å². The van der Waals surface area contributed by atoms with Crippen molar-refractivity contribution < 1.29 is 9.53 Å². The Hall–Kier alpha value is -0.790. The molecule has 1 saturated carbocycles. The van der Waals surface area contributed by atoms with Gasteiger partial charge in [0.1, 0.15) is 6.10 Å². The number of hydrogen-bond acceptors (Lipinski definition) is 2. The summed E-state index contributed by atoms with van der Waals surface area (Å²) in [5, 5.41) is 0. The van der Waals surface area contributed by atoms with Gasteiger partial charge in [0.2, 0.25) is 0 Å². The van der Waals surface area contributed by atoms with E-state index in [4.69, 9.17) is 4.74 Å². The monoisotopic (exact) mass is 183 g/mol. The Balaban J connectivity index is 0.00000144. The Morgan fingerprint density at radius 1 is 1.31 bits per heavy atom. The van der Waals surface area contributed by atoms with E-state index < -0.39 is 0 Å². The topological polar surface area (TPSA) is 26.3 Å². The van der Waals surface area contributed by atoms with Crippen molar-refractivity contribution >= 4 is 5.97 Å². The van der Waals surface area contributed by atoms with Crippen molar-refractivity contribution in [2.45, 2.75) is 45.1 Å². The Bertz CT molecular complexity index is 179. The minimum Gasteiger partial charge on any atom is -0.459 e. The SMILES string of the molecule is C=C(C)C(=O)OC1CCCCC1.[CH3]. The number of carbonyl (C=O) groups is 1. The maximum Gasteiger partial charge on any atom is 0.333 e. The van der Waals surface area contributed by atoms with E-state index in [1.165, 1.54) is 19.3 Å². The summed E-state index contributed by atoms with van der Waals surface area (Å²) < 4.78 is 5.21. The van der Waals surface area contributed by atoms with Gasteiger partial charge in [-0.15, -0.1) is 0 Å². The number of esters is 1. The highest BCUT2D eigenvalue weighted by Crippen LogP contribution is 2.20. The molecule has 0 heterocycles. The van der Waals surface area contributed by atoms with Crippen molar-refractivity contribution in [3.05, 3.63) is 19.6 Å². The Morgan fingerprint density at radius 3 is 2.31 bits per heavy atom. The third-order valence-corrected chi connectivity index (χ3v) is 2.17. The minimum absolute atomic E-state index is 0. The molecule has 0 saturated heterocycles. The first-order valence-electron chi connectivity index (χ1n) is 4.56. The zero-order valence-corrected chi connectivity index (χ0v) is 8.64. The summed E-state index contributed by atoms with van der Waals surface area (Å²) >= 11 is 0. The van der Waals surface area contributed by atoms with Gasteiger partial charge in [0.25, 0.3) is 0 Å². The average molecular weight is 183 g/mol.